The molecule has 0 aliphatic heterocycles. The molecule has 2 atom stereocenters. The number of hydrogen-bond acceptors (Lipinski definition) is 3. The molecule has 0 saturated carbocycles. The fourth-order valence-corrected chi connectivity index (χ4v) is 4.13. The third-order valence-corrected chi connectivity index (χ3v) is 5.24. The van der Waals surface area contributed by atoms with Crippen LogP contribution in [0.25, 0.3) is 0 Å². The van der Waals surface area contributed by atoms with Gasteiger partial charge in [0, 0.05) is 12.8 Å². The second kappa shape index (κ2) is 9.35. The first-order valence-corrected chi connectivity index (χ1v) is 13.1. The highest BCUT2D eigenvalue weighted by molar-refractivity contribution is 6.70. The second-order valence-electron chi connectivity index (χ2n) is 8.04. The maximum Gasteiger partial charge on any atom is 0.241 e. The smallest absolute Gasteiger partial charge is 0.241 e. The van der Waals surface area contributed by atoms with E-state index < -0.39 is 8.32 Å². The van der Waals surface area contributed by atoms with Gasteiger partial charge >= 0.3 is 0 Å². The van der Waals surface area contributed by atoms with Crippen molar-refractivity contribution < 1.29 is 13.9 Å². The van der Waals surface area contributed by atoms with Gasteiger partial charge in [-0.15, -0.1) is 0 Å². The summed E-state index contributed by atoms with van der Waals surface area (Å²) >= 11 is 0. The van der Waals surface area contributed by atoms with E-state index in [0.717, 1.165) is 18.6 Å². The normalized spacial score (nSPS) is 20.2. The lowest BCUT2D eigenvalue weighted by Gasteiger charge is -2.32. The van der Waals surface area contributed by atoms with Gasteiger partial charge in [-0.3, -0.25) is 0 Å². The zero-order valence-corrected chi connectivity index (χ0v) is 17.6. The lowest BCUT2D eigenvalue weighted by atomic mass is 10.00. The molecule has 3 rings (SSSR count). The third-order valence-electron chi connectivity index (χ3n) is 4.37. The lowest BCUT2D eigenvalue weighted by molar-refractivity contribution is -0.0253. The van der Waals surface area contributed by atoms with Gasteiger partial charge in [-0.2, -0.15) is 0 Å². The molecule has 0 saturated heterocycles. The molecule has 0 amide bonds. The number of rotatable bonds is 8. The largest absolute Gasteiger partial charge is 0.547 e. The monoisotopic (exact) mass is 382 g/mol. The Morgan fingerprint density at radius 1 is 0.815 bits per heavy atom. The molecule has 0 spiro atoms. The number of benzene rings is 2. The van der Waals surface area contributed by atoms with Crippen molar-refractivity contribution in [3.8, 4) is 0 Å². The van der Waals surface area contributed by atoms with E-state index in [1.54, 1.807) is 0 Å². The van der Waals surface area contributed by atoms with Gasteiger partial charge in [0.15, 0.2) is 0 Å². The van der Waals surface area contributed by atoms with E-state index in [2.05, 4.69) is 50.0 Å². The van der Waals surface area contributed by atoms with Crippen molar-refractivity contribution in [3.05, 3.63) is 83.6 Å². The van der Waals surface area contributed by atoms with Crippen molar-refractivity contribution >= 4 is 8.32 Å². The standard InChI is InChI=1S/C23H30O3Si/c1-27(2,3)26-23-15-21(24-17-19-10-6-4-7-11-19)14-22(16-23)25-18-20-12-8-5-9-13-20/h4-13,15,21-22H,14,16-18H2,1-3H3/t21-,22+/m0/s1. The first-order chi connectivity index (χ1) is 13.0. The summed E-state index contributed by atoms with van der Waals surface area (Å²) in [6.45, 7) is 7.86. The Hall–Kier alpha value is -1.88. The van der Waals surface area contributed by atoms with Crippen LogP contribution in [0.15, 0.2) is 72.5 Å². The Morgan fingerprint density at radius 2 is 1.37 bits per heavy atom. The van der Waals surface area contributed by atoms with Crippen LogP contribution in [0.2, 0.25) is 19.6 Å². The van der Waals surface area contributed by atoms with Gasteiger partial charge in [-0.25, -0.2) is 0 Å². The van der Waals surface area contributed by atoms with Crippen molar-refractivity contribution in [1.29, 1.82) is 0 Å². The van der Waals surface area contributed by atoms with Gasteiger partial charge in [0.2, 0.25) is 8.32 Å². The molecule has 144 valence electrons. The van der Waals surface area contributed by atoms with Crippen LogP contribution in [0.5, 0.6) is 0 Å². The van der Waals surface area contributed by atoms with Crippen LogP contribution in [0.4, 0.5) is 0 Å². The maximum atomic E-state index is 6.28. The zero-order chi connectivity index (χ0) is 19.1. The van der Waals surface area contributed by atoms with E-state index in [-0.39, 0.29) is 12.2 Å². The molecule has 3 nitrogen and oxygen atoms in total. The first kappa shape index (κ1) is 19.9. The first-order valence-electron chi connectivity index (χ1n) is 9.69. The molecule has 0 unspecified atom stereocenters. The molecule has 4 heteroatoms. The molecule has 2 aromatic rings. The van der Waals surface area contributed by atoms with Crippen LogP contribution in [0, 0.1) is 0 Å². The van der Waals surface area contributed by atoms with Crippen molar-refractivity contribution in [2.24, 2.45) is 0 Å². The molecular formula is C23H30O3Si. The molecule has 0 bridgehead atoms. The maximum absolute atomic E-state index is 6.28. The summed E-state index contributed by atoms with van der Waals surface area (Å²) in [5, 5.41) is 0. The van der Waals surface area contributed by atoms with Crippen LogP contribution in [0.3, 0.4) is 0 Å². The Morgan fingerprint density at radius 3 is 1.93 bits per heavy atom. The molecule has 0 radical (unpaired) electrons. The molecule has 1 aliphatic carbocycles. The molecule has 2 aromatic carbocycles. The van der Waals surface area contributed by atoms with Crippen LogP contribution < -0.4 is 0 Å². The van der Waals surface area contributed by atoms with E-state index in [4.69, 9.17) is 13.9 Å². The zero-order valence-electron chi connectivity index (χ0n) is 16.6. The van der Waals surface area contributed by atoms with Crippen molar-refractivity contribution in [1.82, 2.24) is 0 Å². The van der Waals surface area contributed by atoms with E-state index in [0.29, 0.717) is 13.2 Å². The van der Waals surface area contributed by atoms with Crippen molar-refractivity contribution in [2.75, 3.05) is 0 Å². The average Bonchev–Trinajstić information content (AvgIpc) is 2.65. The minimum Gasteiger partial charge on any atom is -0.547 e. The van der Waals surface area contributed by atoms with E-state index >= 15 is 0 Å². The summed E-state index contributed by atoms with van der Waals surface area (Å²) < 4.78 is 18.7. The van der Waals surface area contributed by atoms with Crippen LogP contribution in [0.1, 0.15) is 24.0 Å². The van der Waals surface area contributed by atoms with Crippen molar-refractivity contribution in [2.45, 2.75) is 57.9 Å². The van der Waals surface area contributed by atoms with E-state index in [9.17, 15) is 0 Å². The minimum absolute atomic E-state index is 0.0195. The molecule has 0 aromatic heterocycles. The predicted molar refractivity (Wildman–Crippen MR) is 112 cm³/mol. The van der Waals surface area contributed by atoms with Gasteiger partial charge in [-0.05, 0) is 36.8 Å². The number of hydrogen-bond donors (Lipinski definition) is 0. The van der Waals surface area contributed by atoms with E-state index in [1.165, 1.54) is 11.1 Å². The Bertz CT molecular complexity index is 722. The summed E-state index contributed by atoms with van der Waals surface area (Å²) in [5.74, 6) is 1.02. The predicted octanol–water partition coefficient (Wildman–Crippen LogP) is 5.69. The molecule has 27 heavy (non-hydrogen) atoms. The van der Waals surface area contributed by atoms with Gasteiger partial charge in [-0.1, -0.05) is 60.7 Å². The van der Waals surface area contributed by atoms with Gasteiger partial charge < -0.3 is 13.9 Å². The molecule has 0 fully saturated rings. The average molecular weight is 383 g/mol. The quantitative estimate of drug-likeness (QED) is 0.549. The topological polar surface area (TPSA) is 27.7 Å². The Kier molecular flexibility index (Phi) is 6.88. The van der Waals surface area contributed by atoms with Gasteiger partial charge in [0.1, 0.15) is 0 Å². The minimum atomic E-state index is -1.66. The van der Waals surface area contributed by atoms with Gasteiger partial charge in [0.05, 0.1) is 31.2 Å². The van der Waals surface area contributed by atoms with Crippen LogP contribution >= 0.6 is 0 Å². The van der Waals surface area contributed by atoms with Gasteiger partial charge in [0.25, 0.3) is 0 Å². The lowest BCUT2D eigenvalue weighted by Crippen LogP contribution is -2.32. The molecule has 0 heterocycles. The molecule has 0 N–H and O–H groups in total. The Balaban J connectivity index is 1.62. The van der Waals surface area contributed by atoms with Crippen LogP contribution in [-0.2, 0) is 27.1 Å². The summed E-state index contributed by atoms with van der Waals surface area (Å²) in [6, 6.07) is 20.6. The Labute approximate surface area is 164 Å². The van der Waals surface area contributed by atoms with E-state index in [1.807, 2.05) is 36.4 Å². The summed E-state index contributed by atoms with van der Waals surface area (Å²) in [4.78, 5) is 0. The fourth-order valence-electron chi connectivity index (χ4n) is 3.19. The highest BCUT2D eigenvalue weighted by Crippen LogP contribution is 2.28. The molecular weight excluding hydrogens is 352 g/mol. The third kappa shape index (κ3) is 6.98. The SMILES string of the molecule is C[Si](C)(C)OC1=C[C@@H](OCc2ccccc2)C[C@@H](OCc2ccccc2)C1. The summed E-state index contributed by atoms with van der Waals surface area (Å²) in [6.07, 6.45) is 3.97. The highest BCUT2D eigenvalue weighted by Gasteiger charge is 2.28. The molecule has 1 aliphatic rings. The van der Waals surface area contributed by atoms with Crippen LogP contribution in [-0.4, -0.2) is 20.5 Å². The summed E-state index contributed by atoms with van der Waals surface area (Å²) in [7, 11) is -1.66. The summed E-state index contributed by atoms with van der Waals surface area (Å²) in [5.41, 5.74) is 2.38. The fraction of sp³-hybridized carbons (Fsp3) is 0.391. The number of ether oxygens (including phenoxy) is 2. The van der Waals surface area contributed by atoms with Crippen molar-refractivity contribution in [3.63, 3.8) is 0 Å². The highest BCUT2D eigenvalue weighted by atomic mass is 28.4. The second-order valence-corrected chi connectivity index (χ2v) is 12.5.